The Morgan fingerprint density at radius 2 is 1.78 bits per heavy atom. The number of carbonyl (C=O) groups is 1. The van der Waals surface area contributed by atoms with Gasteiger partial charge in [-0.05, 0) is 91.6 Å². The number of carbonyl (C=O) groups excluding carboxylic acids is 1. The Morgan fingerprint density at radius 1 is 1.16 bits per heavy atom. The first kappa shape index (κ1) is 24.5. The first-order valence-corrected chi connectivity index (χ1v) is 12.5. The van der Waals surface area contributed by atoms with E-state index in [2.05, 4.69) is 48.0 Å². The molecule has 2 aromatic rings. The summed E-state index contributed by atoms with van der Waals surface area (Å²) < 4.78 is 0. The van der Waals surface area contributed by atoms with Gasteiger partial charge in [-0.1, -0.05) is 0 Å². The molecule has 2 aromatic heterocycles. The van der Waals surface area contributed by atoms with Crippen LogP contribution in [0.4, 0.5) is 5.00 Å². The van der Waals surface area contributed by atoms with Gasteiger partial charge in [0.2, 0.25) is 0 Å². The highest BCUT2D eigenvalue weighted by molar-refractivity contribution is 7.14. The molecule has 0 bridgehead atoms. The van der Waals surface area contributed by atoms with Crippen LogP contribution in [0.5, 0.6) is 0 Å². The Hall–Kier alpha value is -2.12. The summed E-state index contributed by atoms with van der Waals surface area (Å²) in [5.74, 6) is -0.121. The van der Waals surface area contributed by atoms with Crippen molar-refractivity contribution in [3.63, 3.8) is 0 Å². The second-order valence-corrected chi connectivity index (χ2v) is 10.5. The van der Waals surface area contributed by atoms with Crippen LogP contribution in [0.1, 0.15) is 72.3 Å². The van der Waals surface area contributed by atoms with Crippen molar-refractivity contribution in [2.75, 3.05) is 19.0 Å². The summed E-state index contributed by atoms with van der Waals surface area (Å²) in [6.45, 7) is 10.5. The van der Waals surface area contributed by atoms with Crippen molar-refractivity contribution in [1.82, 2.24) is 15.2 Å². The zero-order valence-electron chi connectivity index (χ0n) is 20.5. The number of aryl methyl sites for hydroxylation is 2. The summed E-state index contributed by atoms with van der Waals surface area (Å²) in [6.07, 6.45) is 4.77. The van der Waals surface area contributed by atoms with E-state index < -0.39 is 0 Å². The van der Waals surface area contributed by atoms with Crippen molar-refractivity contribution in [3.8, 4) is 0 Å². The quantitative estimate of drug-likeness (QED) is 0.646. The average molecular weight is 459 g/mol. The zero-order valence-corrected chi connectivity index (χ0v) is 21.4. The fourth-order valence-corrected chi connectivity index (χ4v) is 6.21. The summed E-state index contributed by atoms with van der Waals surface area (Å²) in [5, 5.41) is 6.12. The SMILES string of the molecule is Cc1cc(C)c(CNC(=O)c2csc(N(C(C)C)C3CCC(N(C)C)CC3)c2C)c(=O)[nH]1. The molecule has 32 heavy (non-hydrogen) atoms. The molecule has 0 unspecified atom stereocenters. The van der Waals surface area contributed by atoms with E-state index in [9.17, 15) is 9.59 Å². The molecule has 1 saturated carbocycles. The fourth-order valence-electron chi connectivity index (χ4n) is 4.92. The van der Waals surface area contributed by atoms with E-state index in [1.165, 1.54) is 30.7 Å². The number of anilines is 1. The summed E-state index contributed by atoms with van der Waals surface area (Å²) >= 11 is 1.66. The molecule has 0 spiro atoms. The second kappa shape index (κ2) is 10.2. The number of amides is 1. The van der Waals surface area contributed by atoms with Crippen LogP contribution in [0.25, 0.3) is 0 Å². The third-order valence-corrected chi connectivity index (χ3v) is 7.85. The lowest BCUT2D eigenvalue weighted by Crippen LogP contribution is -2.45. The minimum Gasteiger partial charge on any atom is -0.358 e. The molecular formula is C25H38N4O2S. The monoisotopic (exact) mass is 458 g/mol. The average Bonchev–Trinajstić information content (AvgIpc) is 3.08. The Bertz CT molecular complexity index is 1000. The van der Waals surface area contributed by atoms with E-state index in [1.807, 2.05) is 32.2 Å². The largest absolute Gasteiger partial charge is 0.358 e. The predicted molar refractivity (Wildman–Crippen MR) is 134 cm³/mol. The number of H-pyrrole nitrogens is 1. The first-order valence-electron chi connectivity index (χ1n) is 11.6. The summed E-state index contributed by atoms with van der Waals surface area (Å²) in [4.78, 5) is 32.9. The van der Waals surface area contributed by atoms with E-state index in [0.29, 0.717) is 29.3 Å². The topological polar surface area (TPSA) is 68.4 Å². The fraction of sp³-hybridized carbons (Fsp3) is 0.600. The van der Waals surface area contributed by atoms with Crippen molar-refractivity contribution in [1.29, 1.82) is 0 Å². The highest BCUT2D eigenvalue weighted by Gasteiger charge is 2.31. The van der Waals surface area contributed by atoms with Crippen LogP contribution in [-0.4, -0.2) is 48.0 Å². The molecule has 0 saturated heterocycles. The summed E-state index contributed by atoms with van der Waals surface area (Å²) in [7, 11) is 4.34. The van der Waals surface area contributed by atoms with Gasteiger partial charge in [-0.2, -0.15) is 0 Å². The third kappa shape index (κ3) is 5.26. The third-order valence-electron chi connectivity index (χ3n) is 6.76. The van der Waals surface area contributed by atoms with Gasteiger partial charge in [0.25, 0.3) is 11.5 Å². The highest BCUT2D eigenvalue weighted by Crippen LogP contribution is 2.37. The molecule has 6 nitrogen and oxygen atoms in total. The minimum atomic E-state index is -0.134. The minimum absolute atomic E-state index is 0.121. The maximum absolute atomic E-state index is 13.0. The molecule has 3 rings (SSSR count). The lowest BCUT2D eigenvalue weighted by Gasteiger charge is -2.42. The molecule has 1 aliphatic rings. The predicted octanol–water partition coefficient (Wildman–Crippen LogP) is 4.38. The van der Waals surface area contributed by atoms with Crippen molar-refractivity contribution in [2.24, 2.45) is 0 Å². The molecule has 2 N–H and O–H groups in total. The number of thiophene rings is 1. The molecule has 1 fully saturated rings. The number of hydrogen-bond acceptors (Lipinski definition) is 5. The van der Waals surface area contributed by atoms with Crippen LogP contribution in [0.15, 0.2) is 16.2 Å². The lowest BCUT2D eigenvalue weighted by atomic mass is 9.89. The molecular weight excluding hydrogens is 420 g/mol. The number of aromatic nitrogens is 1. The Labute approximate surface area is 196 Å². The number of hydrogen-bond donors (Lipinski definition) is 2. The van der Waals surface area contributed by atoms with Gasteiger partial charge in [0.05, 0.1) is 10.6 Å². The van der Waals surface area contributed by atoms with E-state index in [4.69, 9.17) is 0 Å². The van der Waals surface area contributed by atoms with Crippen LogP contribution in [0, 0.1) is 20.8 Å². The van der Waals surface area contributed by atoms with Crippen molar-refractivity contribution in [2.45, 2.75) is 85.0 Å². The molecule has 2 heterocycles. The van der Waals surface area contributed by atoms with Crippen LogP contribution < -0.4 is 15.8 Å². The Morgan fingerprint density at radius 3 is 2.34 bits per heavy atom. The van der Waals surface area contributed by atoms with Crippen molar-refractivity contribution in [3.05, 3.63) is 49.7 Å². The number of nitrogens with zero attached hydrogens (tertiary/aromatic N) is 2. The van der Waals surface area contributed by atoms with Gasteiger partial charge in [-0.3, -0.25) is 9.59 Å². The van der Waals surface area contributed by atoms with Crippen LogP contribution in [0.3, 0.4) is 0 Å². The van der Waals surface area contributed by atoms with E-state index in [1.54, 1.807) is 11.3 Å². The van der Waals surface area contributed by atoms with Crippen LogP contribution in [0.2, 0.25) is 0 Å². The first-order chi connectivity index (χ1) is 15.1. The normalized spacial score (nSPS) is 18.9. The molecule has 1 aliphatic carbocycles. The zero-order chi connectivity index (χ0) is 23.6. The number of aromatic amines is 1. The van der Waals surface area contributed by atoms with Gasteiger partial charge >= 0.3 is 0 Å². The molecule has 1 amide bonds. The van der Waals surface area contributed by atoms with Crippen molar-refractivity contribution < 1.29 is 4.79 Å². The number of rotatable bonds is 7. The Kier molecular flexibility index (Phi) is 7.83. The maximum atomic E-state index is 13.0. The summed E-state index contributed by atoms with van der Waals surface area (Å²) in [5.41, 5.74) is 3.94. The molecule has 0 aliphatic heterocycles. The van der Waals surface area contributed by atoms with E-state index in [-0.39, 0.29) is 18.0 Å². The smallest absolute Gasteiger partial charge is 0.253 e. The van der Waals surface area contributed by atoms with Crippen molar-refractivity contribution >= 4 is 22.2 Å². The van der Waals surface area contributed by atoms with Crippen LogP contribution in [-0.2, 0) is 6.54 Å². The van der Waals surface area contributed by atoms with E-state index >= 15 is 0 Å². The van der Waals surface area contributed by atoms with Gasteiger partial charge in [0.15, 0.2) is 0 Å². The standard InChI is InChI=1S/C25H38N4O2S/c1-15(2)29(20-10-8-19(9-11-20)28(6)7)25-18(5)22(14-32-25)23(30)26-13-21-16(3)12-17(4)27-24(21)31/h12,14-15,19-20H,8-11,13H2,1-7H3,(H,26,30)(H,27,31). The van der Waals surface area contributed by atoms with Gasteiger partial charge in [-0.25, -0.2) is 0 Å². The summed E-state index contributed by atoms with van der Waals surface area (Å²) in [6, 6.07) is 3.48. The molecule has 0 radical (unpaired) electrons. The molecule has 7 heteroatoms. The number of pyridine rings is 1. The highest BCUT2D eigenvalue weighted by atomic mass is 32.1. The molecule has 0 atom stereocenters. The van der Waals surface area contributed by atoms with Gasteiger partial charge < -0.3 is 20.1 Å². The van der Waals surface area contributed by atoms with Gasteiger partial charge in [0, 0.05) is 41.3 Å². The lowest BCUT2D eigenvalue weighted by molar-refractivity contribution is 0.0950. The van der Waals surface area contributed by atoms with Crippen LogP contribution >= 0.6 is 11.3 Å². The molecule has 176 valence electrons. The number of nitrogens with one attached hydrogen (secondary N) is 2. The maximum Gasteiger partial charge on any atom is 0.253 e. The molecule has 0 aromatic carbocycles. The van der Waals surface area contributed by atoms with Gasteiger partial charge in [-0.15, -0.1) is 11.3 Å². The Balaban J connectivity index is 1.74. The van der Waals surface area contributed by atoms with E-state index in [0.717, 1.165) is 16.8 Å². The van der Waals surface area contributed by atoms with Gasteiger partial charge in [0.1, 0.15) is 0 Å². The second-order valence-electron chi connectivity index (χ2n) is 9.63.